The number of anilines is 1. The van der Waals surface area contributed by atoms with E-state index in [9.17, 15) is 9.90 Å². The van der Waals surface area contributed by atoms with Crippen molar-refractivity contribution in [3.63, 3.8) is 0 Å². The second kappa shape index (κ2) is 7.45. The lowest BCUT2D eigenvalue weighted by Gasteiger charge is -2.15. The molecule has 2 heterocycles. The van der Waals surface area contributed by atoms with Gasteiger partial charge in [-0.1, -0.05) is 11.3 Å². The SMILES string of the molecule is CCNC(=O)Nc1nc2cc(-c3cnc(C(C)(C)O)nc3)cc(OC)c2s1. The first-order valence-corrected chi connectivity index (χ1v) is 9.22. The van der Waals surface area contributed by atoms with Gasteiger partial charge in [-0.3, -0.25) is 5.32 Å². The maximum atomic E-state index is 11.7. The molecule has 0 atom stereocenters. The summed E-state index contributed by atoms with van der Waals surface area (Å²) >= 11 is 1.34. The van der Waals surface area contributed by atoms with Crippen molar-refractivity contribution in [2.45, 2.75) is 26.4 Å². The van der Waals surface area contributed by atoms with Crippen LogP contribution in [0.2, 0.25) is 0 Å². The molecule has 0 fully saturated rings. The third-order valence-corrected chi connectivity index (χ3v) is 4.77. The number of amides is 2. The number of rotatable bonds is 5. The topological polar surface area (TPSA) is 109 Å². The molecule has 0 spiro atoms. The molecule has 0 aliphatic carbocycles. The molecule has 8 nitrogen and oxygen atoms in total. The van der Waals surface area contributed by atoms with E-state index in [0.29, 0.717) is 28.8 Å². The van der Waals surface area contributed by atoms with Crippen molar-refractivity contribution in [2.24, 2.45) is 0 Å². The molecule has 0 bridgehead atoms. The summed E-state index contributed by atoms with van der Waals surface area (Å²) in [4.78, 5) is 24.7. The number of carbonyl (C=O) groups is 1. The number of hydrogen-bond donors (Lipinski definition) is 3. The first kappa shape index (κ1) is 19.0. The minimum absolute atomic E-state index is 0.300. The van der Waals surface area contributed by atoms with Crippen LogP contribution in [0.15, 0.2) is 24.5 Å². The number of methoxy groups -OCH3 is 1. The summed E-state index contributed by atoms with van der Waals surface area (Å²) in [5, 5.41) is 15.9. The molecule has 3 N–H and O–H groups in total. The highest BCUT2D eigenvalue weighted by Crippen LogP contribution is 2.37. The Kier molecular flexibility index (Phi) is 5.24. The van der Waals surface area contributed by atoms with Crippen LogP contribution in [0.1, 0.15) is 26.6 Å². The maximum absolute atomic E-state index is 11.7. The summed E-state index contributed by atoms with van der Waals surface area (Å²) in [6, 6.07) is 3.46. The van der Waals surface area contributed by atoms with Gasteiger partial charge in [0, 0.05) is 24.5 Å². The number of thiazole rings is 1. The number of benzene rings is 1. The number of urea groups is 1. The molecule has 1 aromatic carbocycles. The number of aliphatic hydroxyl groups is 1. The summed E-state index contributed by atoms with van der Waals surface area (Å²) in [6.45, 7) is 5.65. The van der Waals surface area contributed by atoms with E-state index in [0.717, 1.165) is 15.8 Å². The van der Waals surface area contributed by atoms with Crippen molar-refractivity contribution in [1.82, 2.24) is 20.3 Å². The predicted octanol–water partition coefficient (Wildman–Crippen LogP) is 3.13. The zero-order valence-electron chi connectivity index (χ0n) is 15.5. The van der Waals surface area contributed by atoms with Crippen molar-refractivity contribution in [3.05, 3.63) is 30.4 Å². The largest absolute Gasteiger partial charge is 0.495 e. The normalized spacial score (nSPS) is 11.4. The average Bonchev–Trinajstić information content (AvgIpc) is 3.02. The van der Waals surface area contributed by atoms with E-state index in [4.69, 9.17) is 4.74 Å². The Morgan fingerprint density at radius 2 is 1.96 bits per heavy atom. The third kappa shape index (κ3) is 4.15. The van der Waals surface area contributed by atoms with Crippen LogP contribution in [0.5, 0.6) is 5.75 Å². The Hall–Kier alpha value is -2.78. The number of aromatic nitrogens is 3. The molecule has 142 valence electrons. The lowest BCUT2D eigenvalue weighted by molar-refractivity contribution is 0.0687. The molecule has 0 saturated carbocycles. The van der Waals surface area contributed by atoms with Crippen LogP contribution in [0.25, 0.3) is 21.3 Å². The van der Waals surface area contributed by atoms with Gasteiger partial charge in [0.2, 0.25) is 0 Å². The highest BCUT2D eigenvalue weighted by atomic mass is 32.1. The van der Waals surface area contributed by atoms with Crippen LogP contribution in [0.4, 0.5) is 9.93 Å². The quantitative estimate of drug-likeness (QED) is 0.620. The van der Waals surface area contributed by atoms with Gasteiger partial charge in [0.05, 0.1) is 17.3 Å². The van der Waals surface area contributed by atoms with Crippen LogP contribution < -0.4 is 15.4 Å². The van der Waals surface area contributed by atoms with Crippen LogP contribution in [-0.4, -0.2) is 39.7 Å². The Labute approximate surface area is 160 Å². The number of fused-ring (bicyclic) bond motifs is 1. The van der Waals surface area contributed by atoms with Crippen LogP contribution in [0.3, 0.4) is 0 Å². The summed E-state index contributed by atoms with van der Waals surface area (Å²) in [5.74, 6) is 0.997. The highest BCUT2D eigenvalue weighted by molar-refractivity contribution is 7.22. The summed E-state index contributed by atoms with van der Waals surface area (Å²) < 4.78 is 6.33. The van der Waals surface area contributed by atoms with E-state index in [1.807, 2.05) is 19.1 Å². The van der Waals surface area contributed by atoms with Crippen molar-refractivity contribution >= 4 is 32.7 Å². The van der Waals surface area contributed by atoms with Gasteiger partial charge < -0.3 is 15.2 Å². The molecular weight excluding hydrogens is 366 g/mol. The van der Waals surface area contributed by atoms with E-state index >= 15 is 0 Å². The lowest BCUT2D eigenvalue weighted by Crippen LogP contribution is -2.28. The van der Waals surface area contributed by atoms with Gasteiger partial charge in [-0.2, -0.15) is 0 Å². The zero-order valence-corrected chi connectivity index (χ0v) is 16.3. The zero-order chi connectivity index (χ0) is 19.6. The number of nitrogens with zero attached hydrogens (tertiary/aromatic N) is 3. The first-order chi connectivity index (χ1) is 12.8. The second-order valence-electron chi connectivity index (χ2n) is 6.38. The monoisotopic (exact) mass is 387 g/mol. The average molecular weight is 387 g/mol. The molecule has 3 rings (SSSR count). The smallest absolute Gasteiger partial charge is 0.321 e. The molecule has 0 aliphatic heterocycles. The maximum Gasteiger partial charge on any atom is 0.321 e. The van der Waals surface area contributed by atoms with Gasteiger partial charge in [0.25, 0.3) is 0 Å². The Bertz CT molecular complexity index is 964. The number of ether oxygens (including phenoxy) is 1. The van der Waals surface area contributed by atoms with Crippen molar-refractivity contribution < 1.29 is 14.6 Å². The van der Waals surface area contributed by atoms with Gasteiger partial charge in [0.1, 0.15) is 11.4 Å². The number of nitrogens with one attached hydrogen (secondary N) is 2. The molecule has 3 aromatic rings. The molecule has 9 heteroatoms. The number of hydrogen-bond acceptors (Lipinski definition) is 7. The second-order valence-corrected chi connectivity index (χ2v) is 7.38. The fraction of sp³-hybridized carbons (Fsp3) is 0.333. The van der Waals surface area contributed by atoms with Gasteiger partial charge in [-0.05, 0) is 38.5 Å². The van der Waals surface area contributed by atoms with E-state index in [-0.39, 0.29) is 6.03 Å². The highest BCUT2D eigenvalue weighted by Gasteiger charge is 2.20. The lowest BCUT2D eigenvalue weighted by atomic mass is 10.1. The third-order valence-electron chi connectivity index (χ3n) is 3.77. The molecule has 2 aromatic heterocycles. The summed E-state index contributed by atoms with van der Waals surface area (Å²) in [6.07, 6.45) is 3.31. The molecule has 0 unspecified atom stereocenters. The van der Waals surface area contributed by atoms with E-state index < -0.39 is 5.60 Å². The number of carbonyl (C=O) groups excluding carboxylic acids is 1. The van der Waals surface area contributed by atoms with Crippen molar-refractivity contribution in [1.29, 1.82) is 0 Å². The van der Waals surface area contributed by atoms with Crippen LogP contribution in [0, 0.1) is 0 Å². The van der Waals surface area contributed by atoms with E-state index in [1.165, 1.54) is 11.3 Å². The fourth-order valence-corrected chi connectivity index (χ4v) is 3.40. The van der Waals surface area contributed by atoms with Crippen LogP contribution in [-0.2, 0) is 5.60 Å². The van der Waals surface area contributed by atoms with Gasteiger partial charge in [-0.15, -0.1) is 0 Å². The minimum Gasteiger partial charge on any atom is -0.495 e. The Morgan fingerprint density at radius 3 is 2.56 bits per heavy atom. The Balaban J connectivity index is 1.98. The van der Waals surface area contributed by atoms with Crippen molar-refractivity contribution in [3.8, 4) is 16.9 Å². The summed E-state index contributed by atoms with van der Waals surface area (Å²) in [7, 11) is 1.59. The van der Waals surface area contributed by atoms with Crippen LogP contribution >= 0.6 is 11.3 Å². The van der Waals surface area contributed by atoms with Gasteiger partial charge in [-0.25, -0.2) is 19.7 Å². The first-order valence-electron chi connectivity index (χ1n) is 8.40. The Morgan fingerprint density at radius 1 is 1.26 bits per heavy atom. The molecule has 0 saturated heterocycles. The molecule has 27 heavy (non-hydrogen) atoms. The van der Waals surface area contributed by atoms with E-state index in [1.54, 1.807) is 33.4 Å². The minimum atomic E-state index is -1.10. The molecule has 0 radical (unpaired) electrons. The molecular formula is C18H21N5O3S. The molecule has 0 aliphatic rings. The predicted molar refractivity (Wildman–Crippen MR) is 105 cm³/mol. The van der Waals surface area contributed by atoms with Gasteiger partial charge >= 0.3 is 6.03 Å². The van der Waals surface area contributed by atoms with E-state index in [2.05, 4.69) is 25.6 Å². The molecule has 2 amide bonds. The summed E-state index contributed by atoms with van der Waals surface area (Å²) in [5.41, 5.74) is 1.20. The standard InChI is InChI=1S/C18H21N5O3S/c1-5-19-16(24)23-17-22-12-6-10(7-13(26-4)14(12)27-17)11-8-20-15(21-9-11)18(2,3)25/h6-9,25H,5H2,1-4H3,(H2,19,22,23,24). The van der Waals surface area contributed by atoms with Crippen molar-refractivity contribution in [2.75, 3.05) is 19.0 Å². The van der Waals surface area contributed by atoms with Gasteiger partial charge in [0.15, 0.2) is 11.0 Å². The fourth-order valence-electron chi connectivity index (χ4n) is 2.47.